The molecule has 0 amide bonds. The standard InChI is InChI=1S/C8H9BrN2O/c1-6-4-10-5-7(11-6)2-8(12)3-9/h4-5H,2-3H2,1H3. The van der Waals surface area contributed by atoms with E-state index in [2.05, 4.69) is 25.9 Å². The number of nitrogens with zero attached hydrogens (tertiary/aromatic N) is 2. The second-order valence-corrected chi connectivity index (χ2v) is 3.06. The SMILES string of the molecule is Cc1cncc(CC(=O)CBr)n1. The molecule has 0 bridgehead atoms. The van der Waals surface area contributed by atoms with Crippen molar-refractivity contribution < 1.29 is 4.79 Å². The molecular formula is C8H9BrN2O. The highest BCUT2D eigenvalue weighted by Crippen LogP contribution is 1.98. The molecule has 4 heteroatoms. The fraction of sp³-hybridized carbons (Fsp3) is 0.375. The molecule has 3 nitrogen and oxygen atoms in total. The van der Waals surface area contributed by atoms with E-state index in [-0.39, 0.29) is 5.78 Å². The molecule has 0 unspecified atom stereocenters. The lowest BCUT2D eigenvalue weighted by Gasteiger charge is -1.97. The summed E-state index contributed by atoms with van der Waals surface area (Å²) >= 11 is 3.09. The van der Waals surface area contributed by atoms with Gasteiger partial charge in [0.25, 0.3) is 0 Å². The van der Waals surface area contributed by atoms with Crippen LogP contribution in [0.5, 0.6) is 0 Å². The fourth-order valence-electron chi connectivity index (χ4n) is 0.850. The third-order valence-corrected chi connectivity index (χ3v) is 1.96. The Hall–Kier alpha value is -0.770. The first-order valence-electron chi connectivity index (χ1n) is 3.57. The van der Waals surface area contributed by atoms with Gasteiger partial charge in [-0.15, -0.1) is 0 Å². The van der Waals surface area contributed by atoms with Gasteiger partial charge in [0, 0.05) is 12.4 Å². The third kappa shape index (κ3) is 2.70. The summed E-state index contributed by atoms with van der Waals surface area (Å²) in [6.45, 7) is 1.86. The van der Waals surface area contributed by atoms with E-state index in [1.54, 1.807) is 12.4 Å². The number of alkyl halides is 1. The summed E-state index contributed by atoms with van der Waals surface area (Å²) in [5, 5.41) is 0.378. The molecule has 0 aliphatic rings. The number of hydrogen-bond acceptors (Lipinski definition) is 3. The molecule has 0 spiro atoms. The summed E-state index contributed by atoms with van der Waals surface area (Å²) in [5.41, 5.74) is 1.58. The van der Waals surface area contributed by atoms with Gasteiger partial charge in [-0.3, -0.25) is 14.8 Å². The average Bonchev–Trinajstić information content (AvgIpc) is 2.04. The van der Waals surface area contributed by atoms with Crippen molar-refractivity contribution in [2.24, 2.45) is 0 Å². The second-order valence-electron chi connectivity index (χ2n) is 2.50. The Morgan fingerprint density at radius 1 is 1.58 bits per heavy atom. The van der Waals surface area contributed by atoms with E-state index in [1.807, 2.05) is 6.92 Å². The smallest absolute Gasteiger partial charge is 0.149 e. The highest BCUT2D eigenvalue weighted by molar-refractivity contribution is 9.09. The largest absolute Gasteiger partial charge is 0.298 e. The van der Waals surface area contributed by atoms with Crippen molar-refractivity contribution in [3.8, 4) is 0 Å². The molecule has 12 heavy (non-hydrogen) atoms. The minimum Gasteiger partial charge on any atom is -0.298 e. The molecule has 0 aliphatic carbocycles. The zero-order chi connectivity index (χ0) is 8.97. The maximum atomic E-state index is 11.0. The minimum atomic E-state index is 0.120. The summed E-state index contributed by atoms with van der Waals surface area (Å²) in [5.74, 6) is 0.120. The molecule has 0 N–H and O–H groups in total. The number of hydrogen-bond donors (Lipinski definition) is 0. The number of Topliss-reactive ketones (excluding diaryl/α,β-unsaturated/α-hetero) is 1. The van der Waals surface area contributed by atoms with Gasteiger partial charge in [-0.2, -0.15) is 0 Å². The number of carbonyl (C=O) groups is 1. The van der Waals surface area contributed by atoms with Gasteiger partial charge >= 0.3 is 0 Å². The van der Waals surface area contributed by atoms with Gasteiger partial charge in [0.05, 0.1) is 23.1 Å². The van der Waals surface area contributed by atoms with Crippen LogP contribution >= 0.6 is 15.9 Å². The van der Waals surface area contributed by atoms with E-state index in [0.717, 1.165) is 11.4 Å². The van der Waals surface area contributed by atoms with Gasteiger partial charge < -0.3 is 0 Å². The topological polar surface area (TPSA) is 42.9 Å². The highest BCUT2D eigenvalue weighted by atomic mass is 79.9. The Kier molecular flexibility index (Phi) is 3.34. The molecular weight excluding hydrogens is 220 g/mol. The summed E-state index contributed by atoms with van der Waals surface area (Å²) in [6, 6.07) is 0. The van der Waals surface area contributed by atoms with Crippen LogP contribution in [0.3, 0.4) is 0 Å². The Bertz CT molecular complexity index is 288. The van der Waals surface area contributed by atoms with Crippen LogP contribution in [0.15, 0.2) is 12.4 Å². The van der Waals surface area contributed by atoms with Crippen LogP contribution in [-0.2, 0) is 11.2 Å². The van der Waals surface area contributed by atoms with E-state index >= 15 is 0 Å². The lowest BCUT2D eigenvalue weighted by atomic mass is 10.2. The Balaban J connectivity index is 2.69. The number of ketones is 1. The fourth-order valence-corrected chi connectivity index (χ4v) is 1.05. The van der Waals surface area contributed by atoms with Crippen molar-refractivity contribution in [3.05, 3.63) is 23.8 Å². The number of aryl methyl sites for hydroxylation is 1. The first-order chi connectivity index (χ1) is 5.72. The molecule has 1 aromatic rings. The van der Waals surface area contributed by atoms with Crippen LogP contribution in [0.1, 0.15) is 11.4 Å². The van der Waals surface area contributed by atoms with E-state index in [4.69, 9.17) is 0 Å². The number of aromatic nitrogens is 2. The number of rotatable bonds is 3. The van der Waals surface area contributed by atoms with Crippen molar-refractivity contribution in [2.45, 2.75) is 13.3 Å². The van der Waals surface area contributed by atoms with E-state index < -0.39 is 0 Å². The predicted molar refractivity (Wildman–Crippen MR) is 49.3 cm³/mol. The Morgan fingerprint density at radius 3 is 2.92 bits per heavy atom. The minimum absolute atomic E-state index is 0.120. The van der Waals surface area contributed by atoms with Crippen LogP contribution in [0.2, 0.25) is 0 Å². The number of halogens is 1. The van der Waals surface area contributed by atoms with Crippen LogP contribution in [0.4, 0.5) is 0 Å². The lowest BCUT2D eigenvalue weighted by Crippen LogP contribution is -2.06. The molecule has 0 atom stereocenters. The van der Waals surface area contributed by atoms with Crippen LogP contribution in [0.25, 0.3) is 0 Å². The monoisotopic (exact) mass is 228 g/mol. The van der Waals surface area contributed by atoms with Crippen LogP contribution in [-0.4, -0.2) is 21.1 Å². The molecule has 1 heterocycles. The van der Waals surface area contributed by atoms with Crippen molar-refractivity contribution in [2.75, 3.05) is 5.33 Å². The average molecular weight is 229 g/mol. The highest BCUT2D eigenvalue weighted by Gasteiger charge is 2.02. The second kappa shape index (κ2) is 4.30. The Labute approximate surface area is 79.4 Å². The van der Waals surface area contributed by atoms with Crippen molar-refractivity contribution in [1.82, 2.24) is 9.97 Å². The number of carbonyl (C=O) groups excluding carboxylic acids is 1. The van der Waals surface area contributed by atoms with E-state index in [0.29, 0.717) is 11.8 Å². The van der Waals surface area contributed by atoms with Crippen molar-refractivity contribution >= 4 is 21.7 Å². The first kappa shape index (κ1) is 9.32. The summed E-state index contributed by atoms with van der Waals surface area (Å²) in [4.78, 5) is 19.1. The van der Waals surface area contributed by atoms with Crippen LogP contribution in [0, 0.1) is 6.92 Å². The molecule has 0 aromatic carbocycles. The van der Waals surface area contributed by atoms with E-state index in [9.17, 15) is 4.79 Å². The lowest BCUT2D eigenvalue weighted by molar-refractivity contribution is -0.115. The van der Waals surface area contributed by atoms with Gasteiger partial charge in [0.2, 0.25) is 0 Å². The van der Waals surface area contributed by atoms with Gasteiger partial charge in [-0.05, 0) is 6.92 Å². The van der Waals surface area contributed by atoms with Gasteiger partial charge in [0.15, 0.2) is 0 Å². The predicted octanol–water partition coefficient (Wildman–Crippen LogP) is 1.29. The zero-order valence-corrected chi connectivity index (χ0v) is 8.34. The third-order valence-electron chi connectivity index (χ3n) is 1.33. The summed E-state index contributed by atoms with van der Waals surface area (Å²) in [7, 11) is 0. The first-order valence-corrected chi connectivity index (χ1v) is 4.69. The van der Waals surface area contributed by atoms with Crippen molar-refractivity contribution in [3.63, 3.8) is 0 Å². The maximum absolute atomic E-state index is 11.0. The quantitative estimate of drug-likeness (QED) is 0.733. The molecule has 0 saturated heterocycles. The zero-order valence-electron chi connectivity index (χ0n) is 6.75. The maximum Gasteiger partial charge on any atom is 0.149 e. The van der Waals surface area contributed by atoms with Gasteiger partial charge in [-0.25, -0.2) is 0 Å². The molecule has 0 radical (unpaired) electrons. The van der Waals surface area contributed by atoms with Gasteiger partial charge in [-0.1, -0.05) is 15.9 Å². The Morgan fingerprint density at radius 2 is 2.33 bits per heavy atom. The van der Waals surface area contributed by atoms with Crippen LogP contribution < -0.4 is 0 Å². The molecule has 1 rings (SSSR count). The molecule has 0 aliphatic heterocycles. The normalized spacial score (nSPS) is 9.83. The van der Waals surface area contributed by atoms with Crippen molar-refractivity contribution in [1.29, 1.82) is 0 Å². The summed E-state index contributed by atoms with van der Waals surface area (Å²) < 4.78 is 0. The summed E-state index contributed by atoms with van der Waals surface area (Å²) in [6.07, 6.45) is 3.65. The molecule has 64 valence electrons. The van der Waals surface area contributed by atoms with E-state index in [1.165, 1.54) is 0 Å². The molecule has 1 aromatic heterocycles. The molecule has 0 fully saturated rings. The van der Waals surface area contributed by atoms with Gasteiger partial charge in [0.1, 0.15) is 5.78 Å². The molecule has 0 saturated carbocycles.